The summed E-state index contributed by atoms with van der Waals surface area (Å²) >= 11 is 0. The summed E-state index contributed by atoms with van der Waals surface area (Å²) in [5.41, 5.74) is 4.22. The molecule has 0 aliphatic carbocycles. The van der Waals surface area contributed by atoms with Gasteiger partial charge in [-0.1, -0.05) is 6.07 Å². The van der Waals surface area contributed by atoms with Gasteiger partial charge in [-0.15, -0.1) is 0 Å². The number of anilines is 1. The van der Waals surface area contributed by atoms with Crippen LogP contribution in [0, 0.1) is 11.3 Å². The monoisotopic (exact) mass is 293 g/mol. The van der Waals surface area contributed by atoms with Crippen molar-refractivity contribution in [2.24, 2.45) is 0 Å². The molecular formula is C17H15N3O2. The Hall–Kier alpha value is -2.87. The smallest absolute Gasteiger partial charge is 0.341 e. The molecule has 0 fully saturated rings. The van der Waals surface area contributed by atoms with Crippen molar-refractivity contribution in [2.45, 2.75) is 20.0 Å². The van der Waals surface area contributed by atoms with E-state index in [1.54, 1.807) is 13.1 Å². The van der Waals surface area contributed by atoms with Crippen molar-refractivity contribution in [2.75, 3.05) is 11.5 Å². The van der Waals surface area contributed by atoms with E-state index in [4.69, 9.17) is 10.00 Å². The van der Waals surface area contributed by atoms with Gasteiger partial charge in [-0.25, -0.2) is 4.79 Å². The number of aromatic nitrogens is 1. The lowest BCUT2D eigenvalue weighted by Gasteiger charge is -2.20. The van der Waals surface area contributed by atoms with Crippen molar-refractivity contribution >= 4 is 11.7 Å². The maximum Gasteiger partial charge on any atom is 0.341 e. The van der Waals surface area contributed by atoms with Crippen LogP contribution in [-0.4, -0.2) is 17.6 Å². The zero-order valence-electron chi connectivity index (χ0n) is 12.2. The fourth-order valence-electron chi connectivity index (χ4n) is 2.66. The van der Waals surface area contributed by atoms with E-state index < -0.39 is 0 Å². The van der Waals surface area contributed by atoms with Crippen molar-refractivity contribution in [1.29, 1.82) is 5.26 Å². The minimum absolute atomic E-state index is 0.332. The normalized spacial score (nSPS) is 12.6. The maximum atomic E-state index is 12.1. The van der Waals surface area contributed by atoms with Crippen molar-refractivity contribution in [3.05, 3.63) is 58.9 Å². The van der Waals surface area contributed by atoms with E-state index in [-0.39, 0.29) is 5.97 Å². The third-order valence-electron chi connectivity index (χ3n) is 3.69. The Labute approximate surface area is 128 Å². The molecule has 5 heteroatoms. The number of ether oxygens (including phenoxy) is 1. The van der Waals surface area contributed by atoms with Crippen LogP contribution < -0.4 is 4.90 Å². The number of hydrogen-bond acceptors (Lipinski definition) is 5. The molecule has 0 unspecified atom stereocenters. The Balaban J connectivity index is 1.91. The summed E-state index contributed by atoms with van der Waals surface area (Å²) in [5.74, 6) is -0.362. The molecule has 22 heavy (non-hydrogen) atoms. The number of rotatable bonds is 3. The van der Waals surface area contributed by atoms with Crippen LogP contribution in [0.15, 0.2) is 36.7 Å². The first kappa shape index (κ1) is 14.1. The minimum atomic E-state index is -0.362. The summed E-state index contributed by atoms with van der Waals surface area (Å²) in [5, 5.41) is 8.99. The molecule has 0 spiro atoms. The molecule has 0 saturated heterocycles. The largest absolute Gasteiger partial charge is 0.462 e. The van der Waals surface area contributed by atoms with Crippen molar-refractivity contribution in [3.8, 4) is 6.07 Å². The maximum absolute atomic E-state index is 12.1. The molecular weight excluding hydrogens is 278 g/mol. The number of pyridine rings is 1. The number of carbonyl (C=O) groups is 1. The van der Waals surface area contributed by atoms with Crippen molar-refractivity contribution < 1.29 is 9.53 Å². The summed E-state index contributed by atoms with van der Waals surface area (Å²) < 4.78 is 5.09. The van der Waals surface area contributed by atoms with Gasteiger partial charge in [0.15, 0.2) is 0 Å². The summed E-state index contributed by atoms with van der Waals surface area (Å²) in [6.45, 7) is 3.49. The van der Waals surface area contributed by atoms with Crippen LogP contribution in [-0.2, 0) is 17.8 Å². The van der Waals surface area contributed by atoms with Gasteiger partial charge in [0.1, 0.15) is 5.56 Å². The zero-order valence-corrected chi connectivity index (χ0v) is 12.2. The number of fused-ring (bicyclic) bond motifs is 1. The van der Waals surface area contributed by atoms with E-state index in [0.717, 1.165) is 11.3 Å². The quantitative estimate of drug-likeness (QED) is 0.814. The van der Waals surface area contributed by atoms with Gasteiger partial charge in [0.25, 0.3) is 0 Å². The molecule has 1 aliphatic heterocycles. The Morgan fingerprint density at radius 3 is 2.95 bits per heavy atom. The standard InChI is InChI=1S/C17H15N3O2/c1-2-22-17(21)15-9-19-6-5-16(15)20-10-13-4-3-12(8-18)7-14(13)11-20/h3-7,9H,2,10-11H2,1H3. The first-order valence-corrected chi connectivity index (χ1v) is 7.11. The van der Waals surface area contributed by atoms with Gasteiger partial charge >= 0.3 is 5.97 Å². The highest BCUT2D eigenvalue weighted by molar-refractivity contribution is 5.95. The Kier molecular flexibility index (Phi) is 3.75. The average Bonchev–Trinajstić information content (AvgIpc) is 2.97. The highest BCUT2D eigenvalue weighted by Gasteiger charge is 2.24. The number of benzene rings is 1. The molecule has 0 N–H and O–H groups in total. The van der Waals surface area contributed by atoms with Gasteiger partial charge in [-0.2, -0.15) is 5.26 Å². The second-order valence-corrected chi connectivity index (χ2v) is 5.06. The number of nitrogens with zero attached hydrogens (tertiary/aromatic N) is 3. The van der Waals surface area contributed by atoms with Gasteiger partial charge in [0.05, 0.1) is 23.9 Å². The second-order valence-electron chi connectivity index (χ2n) is 5.06. The van der Waals surface area contributed by atoms with E-state index >= 15 is 0 Å². The van der Waals surface area contributed by atoms with Crippen molar-refractivity contribution in [1.82, 2.24) is 4.98 Å². The van der Waals surface area contributed by atoms with Crippen LogP contribution in [0.4, 0.5) is 5.69 Å². The first-order valence-electron chi connectivity index (χ1n) is 7.11. The number of carbonyl (C=O) groups excluding carboxylic acids is 1. The molecule has 3 rings (SSSR count). The Morgan fingerprint density at radius 2 is 2.18 bits per heavy atom. The summed E-state index contributed by atoms with van der Waals surface area (Å²) in [6, 6.07) is 9.67. The first-order chi connectivity index (χ1) is 10.7. The van der Waals surface area contributed by atoms with Crippen LogP contribution >= 0.6 is 0 Å². The summed E-state index contributed by atoms with van der Waals surface area (Å²) in [7, 11) is 0. The van der Waals surface area contributed by atoms with Crippen LogP contribution in [0.3, 0.4) is 0 Å². The highest BCUT2D eigenvalue weighted by Crippen LogP contribution is 2.31. The van der Waals surface area contributed by atoms with E-state index in [2.05, 4.69) is 16.0 Å². The fourth-order valence-corrected chi connectivity index (χ4v) is 2.66. The molecule has 1 aromatic carbocycles. The molecule has 0 saturated carbocycles. The van der Waals surface area contributed by atoms with Crippen molar-refractivity contribution in [3.63, 3.8) is 0 Å². The van der Waals surface area contributed by atoms with Gasteiger partial charge in [0, 0.05) is 25.5 Å². The number of nitriles is 1. The van der Waals surface area contributed by atoms with Crippen LogP contribution in [0.2, 0.25) is 0 Å². The van der Waals surface area contributed by atoms with Gasteiger partial charge in [-0.3, -0.25) is 4.98 Å². The molecule has 1 aliphatic rings. The molecule has 0 radical (unpaired) electrons. The molecule has 5 nitrogen and oxygen atoms in total. The molecule has 110 valence electrons. The predicted octanol–water partition coefficient (Wildman–Crippen LogP) is 2.65. The highest BCUT2D eigenvalue weighted by atomic mass is 16.5. The zero-order chi connectivity index (χ0) is 15.5. The Morgan fingerprint density at radius 1 is 1.36 bits per heavy atom. The lowest BCUT2D eigenvalue weighted by Crippen LogP contribution is -2.19. The predicted molar refractivity (Wildman–Crippen MR) is 81.2 cm³/mol. The fraction of sp³-hybridized carbons (Fsp3) is 0.235. The van der Waals surface area contributed by atoms with Crippen LogP contribution in [0.25, 0.3) is 0 Å². The molecule has 2 heterocycles. The molecule has 0 atom stereocenters. The number of esters is 1. The molecule has 2 aromatic rings. The molecule has 1 aromatic heterocycles. The summed E-state index contributed by atoms with van der Waals surface area (Å²) in [4.78, 5) is 18.2. The average molecular weight is 293 g/mol. The van der Waals surface area contributed by atoms with Gasteiger partial charge in [0.2, 0.25) is 0 Å². The minimum Gasteiger partial charge on any atom is -0.462 e. The van der Waals surface area contributed by atoms with Crippen LogP contribution in [0.1, 0.15) is 34.0 Å². The Bertz CT molecular complexity index is 765. The SMILES string of the molecule is CCOC(=O)c1cnccc1N1Cc2ccc(C#N)cc2C1. The topological polar surface area (TPSA) is 66.2 Å². The third kappa shape index (κ3) is 2.51. The van der Waals surface area contributed by atoms with E-state index in [1.165, 1.54) is 11.8 Å². The van der Waals surface area contributed by atoms with E-state index in [1.807, 2.05) is 24.3 Å². The second kappa shape index (κ2) is 5.86. The lowest BCUT2D eigenvalue weighted by atomic mass is 10.1. The number of hydrogen-bond donors (Lipinski definition) is 0. The van der Waals surface area contributed by atoms with Crippen LogP contribution in [0.5, 0.6) is 0 Å². The van der Waals surface area contributed by atoms with Gasteiger partial charge in [-0.05, 0) is 36.2 Å². The van der Waals surface area contributed by atoms with Gasteiger partial charge < -0.3 is 9.64 Å². The lowest BCUT2D eigenvalue weighted by molar-refractivity contribution is 0.0526. The van der Waals surface area contributed by atoms with E-state index in [9.17, 15) is 4.79 Å². The third-order valence-corrected chi connectivity index (χ3v) is 3.69. The molecule has 0 bridgehead atoms. The molecule has 0 amide bonds. The summed E-state index contributed by atoms with van der Waals surface area (Å²) in [6.07, 6.45) is 3.21. The van der Waals surface area contributed by atoms with E-state index in [0.29, 0.717) is 30.8 Å².